The molecule has 1 aromatic rings. The molecule has 0 N–H and O–H groups in total. The summed E-state index contributed by atoms with van der Waals surface area (Å²) < 4.78 is 0. The molecule has 0 radical (unpaired) electrons. The molecule has 0 atom stereocenters. The summed E-state index contributed by atoms with van der Waals surface area (Å²) in [6.45, 7) is 6.42. The van der Waals surface area contributed by atoms with Gasteiger partial charge in [-0.15, -0.1) is 11.6 Å². The van der Waals surface area contributed by atoms with Crippen molar-refractivity contribution in [1.29, 1.82) is 0 Å². The lowest BCUT2D eigenvalue weighted by Crippen LogP contribution is -2.24. The summed E-state index contributed by atoms with van der Waals surface area (Å²) in [5.74, 6) is 0.470. The van der Waals surface area contributed by atoms with Crippen molar-refractivity contribution >= 4 is 28.9 Å². The Balaban J connectivity index is 2.94. The van der Waals surface area contributed by atoms with Gasteiger partial charge in [-0.25, -0.2) is 0 Å². The first-order valence-corrected chi connectivity index (χ1v) is 6.74. The van der Waals surface area contributed by atoms with Gasteiger partial charge in [0.05, 0.1) is 5.88 Å². The molecule has 0 amide bonds. The Morgan fingerprint density at radius 2 is 2.00 bits per heavy atom. The van der Waals surface area contributed by atoms with Gasteiger partial charge in [-0.1, -0.05) is 31.0 Å². The molecule has 16 heavy (non-hydrogen) atoms. The molecule has 0 fully saturated rings. The van der Waals surface area contributed by atoms with E-state index in [-0.39, 0.29) is 0 Å². The van der Waals surface area contributed by atoms with E-state index in [1.807, 2.05) is 12.1 Å². The third-order valence-corrected chi connectivity index (χ3v) is 3.35. The van der Waals surface area contributed by atoms with Gasteiger partial charge in [0, 0.05) is 29.4 Å². The molecule has 90 valence electrons. The standard InChI is InChI=1S/C13H19Cl2N/c1-3-5-9-16(4-2)13-8-6-7-12(15)11(13)10-14/h6-8H,3-5,9-10H2,1-2H3. The largest absolute Gasteiger partial charge is 0.372 e. The van der Waals surface area contributed by atoms with Crippen LogP contribution in [-0.2, 0) is 5.88 Å². The van der Waals surface area contributed by atoms with Crippen LogP contribution in [0.4, 0.5) is 5.69 Å². The lowest BCUT2D eigenvalue weighted by Gasteiger charge is -2.25. The quantitative estimate of drug-likeness (QED) is 0.670. The minimum Gasteiger partial charge on any atom is -0.372 e. The predicted molar refractivity (Wildman–Crippen MR) is 73.8 cm³/mol. The number of benzene rings is 1. The zero-order valence-corrected chi connectivity index (χ0v) is 11.5. The van der Waals surface area contributed by atoms with Gasteiger partial charge in [0.2, 0.25) is 0 Å². The van der Waals surface area contributed by atoms with Crippen LogP contribution in [-0.4, -0.2) is 13.1 Å². The third-order valence-electron chi connectivity index (χ3n) is 2.73. The number of hydrogen-bond donors (Lipinski definition) is 0. The third kappa shape index (κ3) is 3.29. The average molecular weight is 260 g/mol. The molecule has 0 spiro atoms. The maximum absolute atomic E-state index is 6.15. The highest BCUT2D eigenvalue weighted by atomic mass is 35.5. The Hall–Kier alpha value is -0.400. The average Bonchev–Trinajstić information content (AvgIpc) is 2.30. The molecular formula is C13H19Cl2N. The lowest BCUT2D eigenvalue weighted by molar-refractivity contribution is 0.730. The van der Waals surface area contributed by atoms with Crippen LogP contribution in [0.1, 0.15) is 32.3 Å². The maximum atomic E-state index is 6.15. The van der Waals surface area contributed by atoms with Crippen molar-refractivity contribution in [2.24, 2.45) is 0 Å². The van der Waals surface area contributed by atoms with Gasteiger partial charge in [-0.3, -0.25) is 0 Å². The Bertz CT molecular complexity index is 326. The van der Waals surface area contributed by atoms with E-state index in [2.05, 4.69) is 24.8 Å². The summed E-state index contributed by atoms with van der Waals surface area (Å²) in [7, 11) is 0. The van der Waals surface area contributed by atoms with Gasteiger partial charge in [-0.2, -0.15) is 0 Å². The number of nitrogens with zero attached hydrogens (tertiary/aromatic N) is 1. The second-order valence-electron chi connectivity index (χ2n) is 3.80. The fraction of sp³-hybridized carbons (Fsp3) is 0.538. The Morgan fingerprint density at radius 1 is 1.25 bits per heavy atom. The van der Waals surface area contributed by atoms with Gasteiger partial charge in [0.1, 0.15) is 0 Å². The van der Waals surface area contributed by atoms with Crippen LogP contribution in [0.5, 0.6) is 0 Å². The molecular weight excluding hydrogens is 241 g/mol. The second-order valence-corrected chi connectivity index (χ2v) is 4.48. The van der Waals surface area contributed by atoms with Crippen molar-refractivity contribution in [2.75, 3.05) is 18.0 Å². The van der Waals surface area contributed by atoms with Crippen molar-refractivity contribution in [3.63, 3.8) is 0 Å². The number of halogens is 2. The summed E-state index contributed by atoms with van der Waals surface area (Å²) in [5, 5.41) is 0.766. The highest BCUT2D eigenvalue weighted by Gasteiger charge is 2.11. The molecule has 3 heteroatoms. The van der Waals surface area contributed by atoms with E-state index in [0.717, 1.165) is 23.7 Å². The van der Waals surface area contributed by atoms with Crippen LogP contribution in [0.15, 0.2) is 18.2 Å². The van der Waals surface area contributed by atoms with E-state index in [9.17, 15) is 0 Å². The van der Waals surface area contributed by atoms with E-state index in [4.69, 9.17) is 23.2 Å². The van der Waals surface area contributed by atoms with Crippen LogP contribution < -0.4 is 4.90 Å². The monoisotopic (exact) mass is 259 g/mol. The van der Waals surface area contributed by atoms with Crippen LogP contribution in [0, 0.1) is 0 Å². The lowest BCUT2D eigenvalue weighted by atomic mass is 10.1. The van der Waals surface area contributed by atoms with Gasteiger partial charge in [0.15, 0.2) is 0 Å². The van der Waals surface area contributed by atoms with E-state index in [1.165, 1.54) is 18.5 Å². The number of hydrogen-bond acceptors (Lipinski definition) is 1. The predicted octanol–water partition coefficient (Wildman–Crippen LogP) is 4.71. The summed E-state index contributed by atoms with van der Waals surface area (Å²) in [5.41, 5.74) is 2.22. The van der Waals surface area contributed by atoms with Gasteiger partial charge in [-0.05, 0) is 25.5 Å². The smallest absolute Gasteiger partial charge is 0.0509 e. The molecule has 0 heterocycles. The molecule has 0 aliphatic heterocycles. The molecule has 0 saturated carbocycles. The topological polar surface area (TPSA) is 3.24 Å². The van der Waals surface area contributed by atoms with Gasteiger partial charge < -0.3 is 4.90 Å². The highest BCUT2D eigenvalue weighted by Crippen LogP contribution is 2.29. The van der Waals surface area contributed by atoms with Crippen molar-refractivity contribution in [1.82, 2.24) is 0 Å². The Labute approximate surface area is 108 Å². The zero-order chi connectivity index (χ0) is 12.0. The van der Waals surface area contributed by atoms with Crippen LogP contribution in [0.3, 0.4) is 0 Å². The molecule has 0 saturated heterocycles. The molecule has 0 aliphatic rings. The number of unbranched alkanes of at least 4 members (excludes halogenated alkanes) is 1. The summed E-state index contributed by atoms with van der Waals surface area (Å²) in [6, 6.07) is 5.99. The first kappa shape index (κ1) is 13.7. The second kappa shape index (κ2) is 7.03. The van der Waals surface area contributed by atoms with Crippen LogP contribution in [0.25, 0.3) is 0 Å². The van der Waals surface area contributed by atoms with Crippen molar-refractivity contribution in [3.05, 3.63) is 28.8 Å². The molecule has 1 rings (SSSR count). The van der Waals surface area contributed by atoms with Gasteiger partial charge >= 0.3 is 0 Å². The minimum atomic E-state index is 0.470. The number of rotatable bonds is 6. The van der Waals surface area contributed by atoms with E-state index >= 15 is 0 Å². The number of anilines is 1. The SMILES string of the molecule is CCCCN(CC)c1cccc(Cl)c1CCl. The van der Waals surface area contributed by atoms with Crippen LogP contribution >= 0.6 is 23.2 Å². The molecule has 0 aromatic heterocycles. The Morgan fingerprint density at radius 3 is 2.56 bits per heavy atom. The molecule has 1 nitrogen and oxygen atoms in total. The zero-order valence-electron chi connectivity index (χ0n) is 9.97. The number of alkyl halides is 1. The van der Waals surface area contributed by atoms with Crippen molar-refractivity contribution in [2.45, 2.75) is 32.6 Å². The maximum Gasteiger partial charge on any atom is 0.0509 e. The van der Waals surface area contributed by atoms with E-state index < -0.39 is 0 Å². The fourth-order valence-corrected chi connectivity index (χ4v) is 2.36. The van der Waals surface area contributed by atoms with Crippen LogP contribution in [0.2, 0.25) is 5.02 Å². The van der Waals surface area contributed by atoms with Crippen molar-refractivity contribution < 1.29 is 0 Å². The molecule has 0 bridgehead atoms. The minimum absolute atomic E-state index is 0.470. The van der Waals surface area contributed by atoms with Crippen molar-refractivity contribution in [3.8, 4) is 0 Å². The Kier molecular flexibility index (Phi) is 6.00. The van der Waals surface area contributed by atoms with E-state index in [1.54, 1.807) is 0 Å². The molecule has 1 aromatic carbocycles. The van der Waals surface area contributed by atoms with Gasteiger partial charge in [0.25, 0.3) is 0 Å². The summed E-state index contributed by atoms with van der Waals surface area (Å²) in [6.07, 6.45) is 2.40. The normalized spacial score (nSPS) is 10.5. The summed E-state index contributed by atoms with van der Waals surface area (Å²) >= 11 is 12.1. The first-order chi connectivity index (χ1) is 7.74. The fourth-order valence-electron chi connectivity index (χ4n) is 1.77. The molecule has 0 unspecified atom stereocenters. The van der Waals surface area contributed by atoms with E-state index in [0.29, 0.717) is 5.88 Å². The first-order valence-electron chi connectivity index (χ1n) is 5.82. The summed E-state index contributed by atoms with van der Waals surface area (Å²) in [4.78, 5) is 2.34. The molecule has 0 aliphatic carbocycles. The highest BCUT2D eigenvalue weighted by molar-refractivity contribution is 6.32.